The number of fused-ring (bicyclic) bond motifs is 2. The van der Waals surface area contributed by atoms with Gasteiger partial charge in [0, 0.05) is 50.0 Å². The van der Waals surface area contributed by atoms with Gasteiger partial charge in [0.1, 0.15) is 11.2 Å². The lowest BCUT2D eigenvalue weighted by atomic mass is 10.0. The number of aromatic amines is 1. The van der Waals surface area contributed by atoms with E-state index in [1.165, 1.54) is 11.1 Å². The molecule has 2 aliphatic rings. The normalized spacial score (nSPS) is 17.6. The van der Waals surface area contributed by atoms with Crippen LogP contribution in [0.2, 0.25) is 0 Å². The minimum Gasteiger partial charge on any atom is -0.444 e. The van der Waals surface area contributed by atoms with Gasteiger partial charge in [-0.2, -0.15) is 0 Å². The van der Waals surface area contributed by atoms with Crippen LogP contribution in [0.25, 0.3) is 11.0 Å². The summed E-state index contributed by atoms with van der Waals surface area (Å²) < 4.78 is 5.53. The summed E-state index contributed by atoms with van der Waals surface area (Å²) in [7, 11) is 0. The van der Waals surface area contributed by atoms with E-state index < -0.39 is 5.60 Å². The number of H-pyrrole nitrogens is 1. The summed E-state index contributed by atoms with van der Waals surface area (Å²) in [5.41, 5.74) is 4.47. The van der Waals surface area contributed by atoms with Crippen LogP contribution >= 0.6 is 0 Å². The zero-order chi connectivity index (χ0) is 26.2. The molecule has 1 amide bonds. The number of nitrogens with zero attached hydrogens (tertiary/aromatic N) is 3. The predicted octanol–water partition coefficient (Wildman–Crippen LogP) is 4.51. The molecule has 0 saturated carbocycles. The van der Waals surface area contributed by atoms with Crippen LogP contribution < -0.4 is 10.7 Å². The van der Waals surface area contributed by atoms with E-state index >= 15 is 0 Å². The Morgan fingerprint density at radius 1 is 1.16 bits per heavy atom. The number of aromatic nitrogens is 2. The number of ether oxygens (including phenoxy) is 1. The Morgan fingerprint density at radius 2 is 1.84 bits per heavy atom. The van der Waals surface area contributed by atoms with Crippen molar-refractivity contribution in [3.63, 3.8) is 0 Å². The third-order valence-electron chi connectivity index (χ3n) is 7.33. The fourth-order valence-corrected chi connectivity index (χ4v) is 5.56. The Morgan fingerprint density at radius 3 is 2.46 bits per heavy atom. The largest absolute Gasteiger partial charge is 0.444 e. The SMILES string of the molecule is CCC(c1c[nH]c2ncc(NC3Cc4ccccc4C3)cc2c1=O)N1CCN(C(=O)OC(C)(C)C)CC1. The van der Waals surface area contributed by atoms with Gasteiger partial charge in [-0.1, -0.05) is 31.2 Å². The first-order valence-electron chi connectivity index (χ1n) is 13.3. The van der Waals surface area contributed by atoms with E-state index in [0.29, 0.717) is 43.3 Å². The minimum atomic E-state index is -0.512. The maximum atomic E-state index is 13.7. The topological polar surface area (TPSA) is 90.6 Å². The molecule has 8 nitrogen and oxygen atoms in total. The lowest BCUT2D eigenvalue weighted by Gasteiger charge is -2.39. The number of amides is 1. The van der Waals surface area contributed by atoms with Crippen LogP contribution in [0.3, 0.4) is 0 Å². The summed E-state index contributed by atoms with van der Waals surface area (Å²) in [4.78, 5) is 38.0. The quantitative estimate of drug-likeness (QED) is 0.533. The zero-order valence-electron chi connectivity index (χ0n) is 22.2. The van der Waals surface area contributed by atoms with Gasteiger partial charge in [-0.05, 0) is 57.2 Å². The number of hydrogen-bond donors (Lipinski definition) is 2. The molecule has 0 radical (unpaired) electrons. The molecule has 1 fully saturated rings. The lowest BCUT2D eigenvalue weighted by molar-refractivity contribution is 0.00992. The van der Waals surface area contributed by atoms with Crippen molar-refractivity contribution in [2.75, 3.05) is 31.5 Å². The van der Waals surface area contributed by atoms with E-state index in [1.807, 2.05) is 33.0 Å². The Labute approximate surface area is 218 Å². The van der Waals surface area contributed by atoms with Gasteiger partial charge < -0.3 is 19.9 Å². The summed E-state index contributed by atoms with van der Waals surface area (Å²) in [5, 5.41) is 4.19. The molecule has 2 aromatic heterocycles. The molecule has 1 atom stereocenters. The van der Waals surface area contributed by atoms with Crippen LogP contribution in [0.4, 0.5) is 10.5 Å². The molecule has 2 N–H and O–H groups in total. The van der Waals surface area contributed by atoms with E-state index in [0.717, 1.165) is 30.5 Å². The molecule has 3 heterocycles. The van der Waals surface area contributed by atoms with E-state index in [2.05, 4.69) is 51.4 Å². The van der Waals surface area contributed by atoms with Gasteiger partial charge in [-0.15, -0.1) is 0 Å². The summed E-state index contributed by atoms with van der Waals surface area (Å²) >= 11 is 0. The molecule has 1 saturated heterocycles. The Bertz CT molecular complexity index is 1310. The fourth-order valence-electron chi connectivity index (χ4n) is 5.56. The molecule has 1 aromatic carbocycles. The molecule has 1 aliphatic carbocycles. The Balaban J connectivity index is 1.31. The van der Waals surface area contributed by atoms with Crippen molar-refractivity contribution in [1.29, 1.82) is 0 Å². The molecular weight excluding hydrogens is 466 g/mol. The van der Waals surface area contributed by atoms with Crippen molar-refractivity contribution in [2.45, 2.75) is 64.6 Å². The molecule has 1 unspecified atom stereocenters. The molecule has 0 bridgehead atoms. The number of hydrogen-bond acceptors (Lipinski definition) is 6. The summed E-state index contributed by atoms with van der Waals surface area (Å²) in [6.07, 6.45) is 6.07. The van der Waals surface area contributed by atoms with Gasteiger partial charge in [0.25, 0.3) is 0 Å². The number of pyridine rings is 2. The second-order valence-electron chi connectivity index (χ2n) is 11.1. The first-order valence-corrected chi connectivity index (χ1v) is 13.3. The van der Waals surface area contributed by atoms with E-state index in [9.17, 15) is 9.59 Å². The molecule has 3 aromatic rings. The number of benzene rings is 1. The van der Waals surface area contributed by atoms with Crippen molar-refractivity contribution >= 4 is 22.8 Å². The minimum absolute atomic E-state index is 0.0148. The second-order valence-corrected chi connectivity index (χ2v) is 11.1. The molecular formula is C29H37N5O3. The highest BCUT2D eigenvalue weighted by molar-refractivity contribution is 5.78. The van der Waals surface area contributed by atoms with E-state index in [1.54, 1.807) is 11.1 Å². The van der Waals surface area contributed by atoms with Gasteiger partial charge in [-0.3, -0.25) is 9.69 Å². The van der Waals surface area contributed by atoms with Crippen molar-refractivity contribution in [3.05, 3.63) is 69.6 Å². The molecule has 8 heteroatoms. The fraction of sp³-hybridized carbons (Fsp3) is 0.483. The second kappa shape index (κ2) is 10.2. The molecule has 0 spiro atoms. The average molecular weight is 504 g/mol. The Kier molecular flexibility index (Phi) is 6.94. The smallest absolute Gasteiger partial charge is 0.410 e. The first-order chi connectivity index (χ1) is 17.7. The van der Waals surface area contributed by atoms with Gasteiger partial charge in [0.15, 0.2) is 5.43 Å². The number of carbonyl (C=O) groups is 1. The molecule has 1 aliphatic heterocycles. The van der Waals surface area contributed by atoms with Crippen LogP contribution in [0.5, 0.6) is 0 Å². The van der Waals surface area contributed by atoms with Crippen LogP contribution in [-0.4, -0.2) is 63.7 Å². The highest BCUT2D eigenvalue weighted by Gasteiger charge is 2.30. The zero-order valence-corrected chi connectivity index (χ0v) is 22.2. The van der Waals surface area contributed by atoms with Crippen LogP contribution in [0.1, 0.15) is 56.8 Å². The molecule has 196 valence electrons. The van der Waals surface area contributed by atoms with Gasteiger partial charge >= 0.3 is 6.09 Å². The van der Waals surface area contributed by atoms with Crippen LogP contribution in [0, 0.1) is 0 Å². The lowest BCUT2D eigenvalue weighted by Crippen LogP contribution is -2.51. The number of nitrogens with one attached hydrogen (secondary N) is 2. The number of anilines is 1. The van der Waals surface area contributed by atoms with Crippen molar-refractivity contribution < 1.29 is 9.53 Å². The maximum absolute atomic E-state index is 13.7. The van der Waals surface area contributed by atoms with E-state index in [4.69, 9.17) is 4.74 Å². The van der Waals surface area contributed by atoms with Crippen molar-refractivity contribution in [3.8, 4) is 0 Å². The van der Waals surface area contributed by atoms with Crippen LogP contribution in [0.15, 0.2) is 47.5 Å². The summed E-state index contributed by atoms with van der Waals surface area (Å²) in [6.45, 7) is 10.3. The standard InChI is InChI=1S/C29H37N5O3/c1-5-25(33-10-12-34(13-11-33)28(36)37-29(2,3)4)24-18-31-27-23(26(24)35)16-22(17-30-27)32-21-14-19-8-6-7-9-20(19)15-21/h6-9,16-18,21,25,32H,5,10-15H2,1-4H3,(H,30,31,35). The predicted molar refractivity (Wildman–Crippen MR) is 146 cm³/mol. The first kappa shape index (κ1) is 25.3. The highest BCUT2D eigenvalue weighted by Crippen LogP contribution is 2.27. The third-order valence-corrected chi connectivity index (χ3v) is 7.33. The van der Waals surface area contributed by atoms with Gasteiger partial charge in [0.05, 0.1) is 17.3 Å². The highest BCUT2D eigenvalue weighted by atomic mass is 16.6. The maximum Gasteiger partial charge on any atom is 0.410 e. The number of carbonyl (C=O) groups excluding carboxylic acids is 1. The van der Waals surface area contributed by atoms with Gasteiger partial charge in [0.2, 0.25) is 0 Å². The third kappa shape index (κ3) is 5.49. The van der Waals surface area contributed by atoms with Crippen molar-refractivity contribution in [2.24, 2.45) is 0 Å². The Hall–Kier alpha value is -3.39. The van der Waals surface area contributed by atoms with Gasteiger partial charge in [-0.25, -0.2) is 9.78 Å². The molecule has 37 heavy (non-hydrogen) atoms. The number of piperazine rings is 1. The summed E-state index contributed by atoms with van der Waals surface area (Å²) in [6, 6.07) is 10.7. The monoisotopic (exact) mass is 503 g/mol. The van der Waals surface area contributed by atoms with Crippen LogP contribution in [-0.2, 0) is 17.6 Å². The van der Waals surface area contributed by atoms with E-state index in [-0.39, 0.29) is 17.6 Å². The van der Waals surface area contributed by atoms with Crippen molar-refractivity contribution in [1.82, 2.24) is 19.8 Å². The molecule has 5 rings (SSSR count). The average Bonchev–Trinajstić information content (AvgIpc) is 3.28. The number of rotatable bonds is 5. The summed E-state index contributed by atoms with van der Waals surface area (Å²) in [5.74, 6) is 0.